The van der Waals surface area contributed by atoms with Crippen molar-refractivity contribution in [2.45, 2.75) is 13.1 Å². The van der Waals surface area contributed by atoms with Gasteiger partial charge in [-0.3, -0.25) is 9.89 Å². The molecule has 134 valence electrons. The van der Waals surface area contributed by atoms with Crippen molar-refractivity contribution in [2.24, 2.45) is 0 Å². The summed E-state index contributed by atoms with van der Waals surface area (Å²) in [7, 11) is 0. The molecule has 0 aliphatic carbocycles. The van der Waals surface area contributed by atoms with E-state index in [4.69, 9.17) is 11.6 Å². The number of H-pyrrole nitrogens is 2. The first-order chi connectivity index (χ1) is 13.2. The second-order valence-electron chi connectivity index (χ2n) is 6.63. The maximum Gasteiger partial charge on any atom is 0.256 e. The van der Waals surface area contributed by atoms with E-state index in [1.165, 1.54) is 11.1 Å². The van der Waals surface area contributed by atoms with Crippen LogP contribution in [0.15, 0.2) is 48.8 Å². The molecule has 0 saturated carbocycles. The van der Waals surface area contributed by atoms with E-state index in [2.05, 4.69) is 25.8 Å². The van der Waals surface area contributed by atoms with Crippen LogP contribution in [0, 0.1) is 0 Å². The number of hydrogen-bond donors (Lipinski definition) is 4. The SMILES string of the molecule is O=C(Nc1ccc2c(c1)CNC2)c1cc(Cl)cc2[nH]c(-c3cn[nH]c3)cc12. The molecule has 0 saturated heterocycles. The molecule has 0 radical (unpaired) electrons. The van der Waals surface area contributed by atoms with E-state index in [1.807, 2.05) is 30.3 Å². The first-order valence-electron chi connectivity index (χ1n) is 8.63. The van der Waals surface area contributed by atoms with Crippen molar-refractivity contribution in [1.29, 1.82) is 0 Å². The highest BCUT2D eigenvalue weighted by atomic mass is 35.5. The topological polar surface area (TPSA) is 85.6 Å². The zero-order valence-electron chi connectivity index (χ0n) is 14.3. The minimum atomic E-state index is -0.189. The number of nitrogens with one attached hydrogen (secondary N) is 4. The molecule has 1 aliphatic heterocycles. The lowest BCUT2D eigenvalue weighted by Gasteiger charge is -2.08. The van der Waals surface area contributed by atoms with Gasteiger partial charge in [-0.2, -0.15) is 5.10 Å². The number of aromatic nitrogens is 3. The predicted octanol–water partition coefficient (Wildman–Crippen LogP) is 4.07. The Balaban J connectivity index is 1.52. The Hall–Kier alpha value is -3.09. The zero-order chi connectivity index (χ0) is 18.4. The molecule has 2 aromatic carbocycles. The van der Waals surface area contributed by atoms with E-state index < -0.39 is 0 Å². The number of carbonyl (C=O) groups is 1. The monoisotopic (exact) mass is 377 g/mol. The lowest BCUT2D eigenvalue weighted by Crippen LogP contribution is -2.12. The van der Waals surface area contributed by atoms with E-state index in [9.17, 15) is 4.79 Å². The van der Waals surface area contributed by atoms with Gasteiger partial charge in [0.25, 0.3) is 5.91 Å². The molecule has 4 N–H and O–H groups in total. The maximum absolute atomic E-state index is 13.0. The van der Waals surface area contributed by atoms with Crippen molar-refractivity contribution in [3.8, 4) is 11.3 Å². The number of rotatable bonds is 3. The maximum atomic E-state index is 13.0. The number of aromatic amines is 2. The second-order valence-corrected chi connectivity index (χ2v) is 7.06. The summed E-state index contributed by atoms with van der Waals surface area (Å²) in [5.74, 6) is -0.189. The van der Waals surface area contributed by atoms with Gasteiger partial charge in [-0.1, -0.05) is 17.7 Å². The minimum absolute atomic E-state index is 0.189. The van der Waals surface area contributed by atoms with Gasteiger partial charge >= 0.3 is 0 Å². The Morgan fingerprint density at radius 3 is 2.85 bits per heavy atom. The van der Waals surface area contributed by atoms with Gasteiger partial charge in [0.05, 0.1) is 11.8 Å². The van der Waals surface area contributed by atoms with Gasteiger partial charge in [0.15, 0.2) is 0 Å². The Kier molecular flexibility index (Phi) is 3.74. The van der Waals surface area contributed by atoms with Crippen molar-refractivity contribution >= 4 is 34.1 Å². The summed E-state index contributed by atoms with van der Waals surface area (Å²) in [6.45, 7) is 1.70. The number of carbonyl (C=O) groups excluding carboxylic acids is 1. The Morgan fingerprint density at radius 1 is 1.11 bits per heavy atom. The Bertz CT molecular complexity index is 1160. The Labute approximate surface area is 159 Å². The van der Waals surface area contributed by atoms with E-state index in [0.29, 0.717) is 10.6 Å². The molecule has 7 heteroatoms. The van der Waals surface area contributed by atoms with Gasteiger partial charge in [-0.15, -0.1) is 0 Å². The van der Waals surface area contributed by atoms with E-state index >= 15 is 0 Å². The number of amides is 1. The number of halogens is 1. The Morgan fingerprint density at radius 2 is 2.00 bits per heavy atom. The molecule has 0 spiro atoms. The summed E-state index contributed by atoms with van der Waals surface area (Å²) >= 11 is 6.25. The fourth-order valence-electron chi connectivity index (χ4n) is 3.51. The molecule has 0 unspecified atom stereocenters. The van der Waals surface area contributed by atoms with Gasteiger partial charge < -0.3 is 15.6 Å². The first-order valence-corrected chi connectivity index (χ1v) is 9.00. The number of anilines is 1. The summed E-state index contributed by atoms with van der Waals surface area (Å²) in [5, 5.41) is 14.4. The normalized spacial score (nSPS) is 13.1. The molecule has 1 amide bonds. The van der Waals surface area contributed by atoms with E-state index in [-0.39, 0.29) is 5.91 Å². The molecule has 2 aromatic heterocycles. The largest absolute Gasteiger partial charge is 0.354 e. The molecule has 6 nitrogen and oxygen atoms in total. The lowest BCUT2D eigenvalue weighted by atomic mass is 10.1. The number of benzene rings is 2. The minimum Gasteiger partial charge on any atom is -0.354 e. The van der Waals surface area contributed by atoms with Crippen molar-refractivity contribution in [1.82, 2.24) is 20.5 Å². The average Bonchev–Trinajstić information content (AvgIpc) is 3.39. The summed E-state index contributed by atoms with van der Waals surface area (Å²) in [6, 6.07) is 11.5. The predicted molar refractivity (Wildman–Crippen MR) is 106 cm³/mol. The van der Waals surface area contributed by atoms with Crippen LogP contribution >= 0.6 is 11.6 Å². The first kappa shape index (κ1) is 16.1. The molecule has 3 heterocycles. The second kappa shape index (κ2) is 6.26. The quantitative estimate of drug-likeness (QED) is 0.434. The van der Waals surface area contributed by atoms with Crippen LogP contribution in [0.5, 0.6) is 0 Å². The number of hydrogen-bond acceptors (Lipinski definition) is 3. The van der Waals surface area contributed by atoms with Crippen LogP contribution in [-0.2, 0) is 13.1 Å². The molecule has 1 aliphatic rings. The van der Waals surface area contributed by atoms with Crippen LogP contribution in [0.25, 0.3) is 22.2 Å². The van der Waals surface area contributed by atoms with Crippen LogP contribution in [0.1, 0.15) is 21.5 Å². The molecule has 0 bridgehead atoms. The van der Waals surface area contributed by atoms with Gasteiger partial charge in [-0.05, 0) is 41.5 Å². The standard InChI is InChI=1S/C20H16ClN5O/c21-14-4-17(16-6-18(26-19(16)5-14)13-9-23-24-10-13)20(27)25-15-2-1-11-7-22-8-12(11)3-15/h1-6,9-10,22,26H,7-8H2,(H,23,24)(H,25,27). The highest BCUT2D eigenvalue weighted by Gasteiger charge is 2.16. The van der Waals surface area contributed by atoms with Crippen LogP contribution in [0.4, 0.5) is 5.69 Å². The third-order valence-electron chi connectivity index (χ3n) is 4.85. The third kappa shape index (κ3) is 2.89. The van der Waals surface area contributed by atoms with E-state index in [0.717, 1.165) is 40.9 Å². The van der Waals surface area contributed by atoms with Gasteiger partial charge in [-0.25, -0.2) is 0 Å². The number of fused-ring (bicyclic) bond motifs is 2. The van der Waals surface area contributed by atoms with Crippen molar-refractivity contribution in [3.63, 3.8) is 0 Å². The van der Waals surface area contributed by atoms with Gasteiger partial charge in [0, 0.05) is 52.2 Å². The average molecular weight is 378 g/mol. The summed E-state index contributed by atoms with van der Waals surface area (Å²) in [4.78, 5) is 16.3. The molecular weight excluding hydrogens is 362 g/mol. The highest BCUT2D eigenvalue weighted by molar-refractivity contribution is 6.32. The van der Waals surface area contributed by atoms with Crippen LogP contribution in [-0.4, -0.2) is 21.1 Å². The van der Waals surface area contributed by atoms with Gasteiger partial charge in [0.2, 0.25) is 0 Å². The van der Waals surface area contributed by atoms with Crippen LogP contribution < -0.4 is 10.6 Å². The lowest BCUT2D eigenvalue weighted by molar-refractivity contribution is 0.102. The zero-order valence-corrected chi connectivity index (χ0v) is 15.0. The van der Waals surface area contributed by atoms with E-state index in [1.54, 1.807) is 18.5 Å². The summed E-state index contributed by atoms with van der Waals surface area (Å²) < 4.78 is 0. The molecule has 0 atom stereocenters. The van der Waals surface area contributed by atoms with Crippen molar-refractivity contribution < 1.29 is 4.79 Å². The molecule has 27 heavy (non-hydrogen) atoms. The molecule has 4 aromatic rings. The van der Waals surface area contributed by atoms with Crippen LogP contribution in [0.3, 0.4) is 0 Å². The smallest absolute Gasteiger partial charge is 0.256 e. The van der Waals surface area contributed by atoms with Crippen LogP contribution in [0.2, 0.25) is 5.02 Å². The van der Waals surface area contributed by atoms with Crippen molar-refractivity contribution in [3.05, 3.63) is 70.5 Å². The molecule has 0 fully saturated rings. The summed E-state index contributed by atoms with van der Waals surface area (Å²) in [6.07, 6.45) is 3.52. The fraction of sp³-hybridized carbons (Fsp3) is 0.100. The number of nitrogens with zero attached hydrogens (tertiary/aromatic N) is 1. The van der Waals surface area contributed by atoms with Gasteiger partial charge in [0.1, 0.15) is 0 Å². The molecular formula is C20H16ClN5O. The third-order valence-corrected chi connectivity index (χ3v) is 5.07. The highest BCUT2D eigenvalue weighted by Crippen LogP contribution is 2.30. The summed E-state index contributed by atoms with van der Waals surface area (Å²) in [5.41, 5.74) is 6.39. The molecule has 5 rings (SSSR count). The fourth-order valence-corrected chi connectivity index (χ4v) is 3.73. The van der Waals surface area contributed by atoms with Crippen molar-refractivity contribution in [2.75, 3.05) is 5.32 Å².